The van der Waals surface area contributed by atoms with E-state index in [4.69, 9.17) is 11.5 Å². The van der Waals surface area contributed by atoms with Crippen molar-refractivity contribution in [2.24, 2.45) is 0 Å². The zero-order chi connectivity index (χ0) is 9.97. The monoisotopic (exact) mass is 189 g/mol. The van der Waals surface area contributed by atoms with Crippen molar-refractivity contribution in [1.29, 1.82) is 0 Å². The molecule has 0 fully saturated rings. The Morgan fingerprint density at radius 2 is 1.86 bits per heavy atom. The number of benzene rings is 1. The zero-order valence-corrected chi connectivity index (χ0v) is 7.77. The second kappa shape index (κ2) is 3.41. The average Bonchev–Trinajstić information content (AvgIpc) is 2.52. The molecule has 1 heterocycles. The zero-order valence-electron chi connectivity index (χ0n) is 7.77. The molecule has 72 valence electrons. The number of H-pyrrole nitrogens is 1. The van der Waals surface area contributed by atoms with Crippen molar-refractivity contribution in [3.63, 3.8) is 0 Å². The minimum absolute atomic E-state index is 0.578. The maximum absolute atomic E-state index is 5.76. The molecule has 4 nitrogen and oxygen atoms in total. The largest absolute Gasteiger partial charge is 0.391 e. The van der Waals surface area contributed by atoms with Crippen LogP contribution in [-0.4, -0.2) is 5.10 Å². The van der Waals surface area contributed by atoms with Gasteiger partial charge in [0.1, 0.15) is 12.2 Å². The number of nitrogens with zero attached hydrogens (tertiary/aromatic N) is 1. The van der Waals surface area contributed by atoms with Gasteiger partial charge >= 0.3 is 5.82 Å². The lowest BCUT2D eigenvalue weighted by Crippen LogP contribution is -2.38. The summed E-state index contributed by atoms with van der Waals surface area (Å²) in [7, 11) is 0. The lowest BCUT2D eigenvalue weighted by atomic mass is 10.2. The summed E-state index contributed by atoms with van der Waals surface area (Å²) in [4.78, 5) is 0. The van der Waals surface area contributed by atoms with Crippen LogP contribution in [0.3, 0.4) is 0 Å². The Bertz CT molecular complexity index is 419. The van der Waals surface area contributed by atoms with E-state index in [0.29, 0.717) is 18.1 Å². The van der Waals surface area contributed by atoms with E-state index in [0.717, 1.165) is 0 Å². The highest BCUT2D eigenvalue weighted by Crippen LogP contribution is 2.06. The van der Waals surface area contributed by atoms with E-state index in [1.165, 1.54) is 5.56 Å². The Morgan fingerprint density at radius 3 is 2.43 bits per heavy atom. The van der Waals surface area contributed by atoms with Gasteiger partial charge in [0.15, 0.2) is 0 Å². The molecule has 0 aliphatic rings. The van der Waals surface area contributed by atoms with Crippen LogP contribution >= 0.6 is 0 Å². The SMILES string of the molecule is Nc1c[nH][n+](Cc2ccccc2)c1N. The van der Waals surface area contributed by atoms with Crippen LogP contribution in [0.1, 0.15) is 5.56 Å². The number of nitrogen functional groups attached to an aromatic ring is 2. The minimum Gasteiger partial charge on any atom is -0.391 e. The van der Waals surface area contributed by atoms with Crippen LogP contribution in [0.4, 0.5) is 11.5 Å². The maximum Gasteiger partial charge on any atom is 0.316 e. The summed E-state index contributed by atoms with van der Waals surface area (Å²) in [6.07, 6.45) is 1.69. The van der Waals surface area contributed by atoms with E-state index in [1.54, 1.807) is 6.20 Å². The highest BCUT2D eigenvalue weighted by molar-refractivity contribution is 5.52. The predicted molar refractivity (Wildman–Crippen MR) is 55.4 cm³/mol. The summed E-state index contributed by atoms with van der Waals surface area (Å²) in [6, 6.07) is 10.1. The Morgan fingerprint density at radius 1 is 1.14 bits per heavy atom. The molecule has 4 heteroatoms. The van der Waals surface area contributed by atoms with Crippen LogP contribution in [-0.2, 0) is 6.54 Å². The van der Waals surface area contributed by atoms with E-state index >= 15 is 0 Å². The first kappa shape index (κ1) is 8.62. The van der Waals surface area contributed by atoms with Gasteiger partial charge < -0.3 is 5.73 Å². The molecule has 14 heavy (non-hydrogen) atoms. The first-order chi connectivity index (χ1) is 6.77. The number of hydrogen-bond acceptors (Lipinski definition) is 2. The van der Waals surface area contributed by atoms with Crippen molar-refractivity contribution < 1.29 is 4.68 Å². The Balaban J connectivity index is 2.23. The van der Waals surface area contributed by atoms with Gasteiger partial charge in [-0.3, -0.25) is 5.73 Å². The van der Waals surface area contributed by atoms with Crippen LogP contribution in [0.2, 0.25) is 0 Å². The van der Waals surface area contributed by atoms with E-state index in [2.05, 4.69) is 5.10 Å². The van der Waals surface area contributed by atoms with Gasteiger partial charge in [-0.2, -0.15) is 4.68 Å². The fourth-order valence-corrected chi connectivity index (χ4v) is 1.34. The molecular formula is C10H13N4+. The standard InChI is InChI=1S/C10H12N4/c11-9-6-13-14(10(9)12)7-8-4-2-1-3-5-8/h1-6H,7,11H2,(H2,12,13)/p+1. The number of aromatic nitrogens is 2. The predicted octanol–water partition coefficient (Wildman–Crippen LogP) is 0.515. The van der Waals surface area contributed by atoms with Gasteiger partial charge in [0.05, 0.1) is 6.20 Å². The first-order valence-corrected chi connectivity index (χ1v) is 4.43. The Kier molecular flexibility index (Phi) is 2.10. The van der Waals surface area contributed by atoms with Crippen LogP contribution in [0.25, 0.3) is 0 Å². The summed E-state index contributed by atoms with van der Waals surface area (Å²) in [6.45, 7) is 0.712. The molecule has 2 aromatic rings. The fraction of sp³-hybridized carbons (Fsp3) is 0.100. The third-order valence-electron chi connectivity index (χ3n) is 2.15. The molecule has 2 rings (SSSR count). The summed E-state index contributed by atoms with van der Waals surface area (Å²) >= 11 is 0. The van der Waals surface area contributed by atoms with Gasteiger partial charge in [-0.1, -0.05) is 30.3 Å². The first-order valence-electron chi connectivity index (χ1n) is 4.43. The number of hydrogen-bond donors (Lipinski definition) is 3. The van der Waals surface area contributed by atoms with Gasteiger partial charge in [0, 0.05) is 0 Å². The number of rotatable bonds is 2. The van der Waals surface area contributed by atoms with Gasteiger partial charge in [-0.15, -0.1) is 0 Å². The molecule has 1 aromatic heterocycles. The number of anilines is 2. The molecule has 5 N–H and O–H groups in total. The highest BCUT2D eigenvalue weighted by atomic mass is 15.3. The van der Waals surface area contributed by atoms with Crippen LogP contribution in [0.15, 0.2) is 36.5 Å². The molecular weight excluding hydrogens is 176 g/mol. The van der Waals surface area contributed by atoms with Crippen molar-refractivity contribution in [2.45, 2.75) is 6.54 Å². The van der Waals surface area contributed by atoms with Crippen LogP contribution < -0.4 is 16.1 Å². The number of nitrogens with one attached hydrogen (secondary N) is 1. The van der Waals surface area contributed by atoms with Crippen LogP contribution in [0, 0.1) is 0 Å². The normalized spacial score (nSPS) is 10.3. The van der Waals surface area contributed by atoms with Gasteiger partial charge in [-0.25, -0.2) is 5.10 Å². The summed E-state index contributed by atoms with van der Waals surface area (Å²) < 4.78 is 1.81. The molecule has 0 spiro atoms. The number of aromatic amines is 1. The fourth-order valence-electron chi connectivity index (χ4n) is 1.34. The second-order valence-corrected chi connectivity index (χ2v) is 3.19. The Labute approximate surface area is 82.1 Å². The lowest BCUT2D eigenvalue weighted by molar-refractivity contribution is -0.728. The molecule has 1 aromatic carbocycles. The topological polar surface area (TPSA) is 71.7 Å². The molecule has 0 unspecified atom stereocenters. The van der Waals surface area contributed by atoms with Gasteiger partial charge in [0.2, 0.25) is 0 Å². The smallest absolute Gasteiger partial charge is 0.316 e. The van der Waals surface area contributed by atoms with Crippen molar-refractivity contribution in [1.82, 2.24) is 5.10 Å². The van der Waals surface area contributed by atoms with Crippen molar-refractivity contribution in [2.75, 3.05) is 11.5 Å². The third-order valence-corrected chi connectivity index (χ3v) is 2.15. The molecule has 0 atom stereocenters. The highest BCUT2D eigenvalue weighted by Gasteiger charge is 2.10. The molecule has 0 saturated heterocycles. The molecule has 0 radical (unpaired) electrons. The lowest BCUT2D eigenvalue weighted by Gasteiger charge is -1.97. The van der Waals surface area contributed by atoms with Crippen molar-refractivity contribution in [3.8, 4) is 0 Å². The van der Waals surface area contributed by atoms with E-state index in [1.807, 2.05) is 35.0 Å². The molecule has 0 aliphatic heterocycles. The second-order valence-electron chi connectivity index (χ2n) is 3.19. The molecule has 0 bridgehead atoms. The third kappa shape index (κ3) is 1.54. The van der Waals surface area contributed by atoms with E-state index in [-0.39, 0.29) is 0 Å². The van der Waals surface area contributed by atoms with Crippen molar-refractivity contribution in [3.05, 3.63) is 42.1 Å². The summed E-state index contributed by atoms with van der Waals surface area (Å²) in [5.41, 5.74) is 13.1. The van der Waals surface area contributed by atoms with Gasteiger partial charge in [-0.05, 0) is 5.56 Å². The minimum atomic E-state index is 0.578. The Hall–Kier alpha value is -1.97. The molecule has 0 saturated carbocycles. The average molecular weight is 189 g/mol. The molecule has 0 amide bonds. The van der Waals surface area contributed by atoms with E-state index in [9.17, 15) is 0 Å². The van der Waals surface area contributed by atoms with Crippen molar-refractivity contribution >= 4 is 11.5 Å². The van der Waals surface area contributed by atoms with E-state index < -0.39 is 0 Å². The quantitative estimate of drug-likeness (QED) is 0.602. The van der Waals surface area contributed by atoms with Crippen LogP contribution in [0.5, 0.6) is 0 Å². The van der Waals surface area contributed by atoms with Gasteiger partial charge in [0.25, 0.3) is 0 Å². The number of nitrogens with two attached hydrogens (primary N) is 2. The summed E-state index contributed by atoms with van der Waals surface area (Å²) in [5.74, 6) is 0.578. The summed E-state index contributed by atoms with van der Waals surface area (Å²) in [5, 5.41) is 2.99. The maximum atomic E-state index is 5.76. The molecule has 0 aliphatic carbocycles.